The van der Waals surface area contributed by atoms with Crippen LogP contribution in [0.4, 0.5) is 14.5 Å². The molecule has 0 bridgehead atoms. The molecule has 1 fully saturated rings. The lowest BCUT2D eigenvalue weighted by atomic mass is 9.91. The topological polar surface area (TPSA) is 29.3 Å². The van der Waals surface area contributed by atoms with Gasteiger partial charge in [-0.15, -0.1) is 11.3 Å². The summed E-state index contributed by atoms with van der Waals surface area (Å²) in [5.74, 6) is -1.17. The maximum absolute atomic E-state index is 13.4. The number of rotatable bonds is 3. The molecule has 2 atom stereocenters. The minimum absolute atomic E-state index is 0.0665. The summed E-state index contributed by atoms with van der Waals surface area (Å²) in [7, 11) is 0. The van der Waals surface area contributed by atoms with E-state index in [-0.39, 0.29) is 6.04 Å². The van der Waals surface area contributed by atoms with Crippen LogP contribution >= 0.6 is 11.3 Å². The number of nitrogens with two attached hydrogens (primary N) is 1. The molecular formula is C16H18F2N2S. The highest BCUT2D eigenvalue weighted by molar-refractivity contribution is 7.09. The number of halogens is 2. The smallest absolute Gasteiger partial charge is 0.160 e. The lowest BCUT2D eigenvalue weighted by molar-refractivity contribution is 0.376. The Morgan fingerprint density at radius 1 is 1.19 bits per heavy atom. The summed E-state index contributed by atoms with van der Waals surface area (Å²) in [5, 5.41) is 2.07. The molecule has 2 unspecified atom stereocenters. The third kappa shape index (κ3) is 3.41. The molecule has 1 aliphatic rings. The summed E-state index contributed by atoms with van der Waals surface area (Å²) in [6.45, 7) is 1.52. The van der Waals surface area contributed by atoms with Crippen LogP contribution in [-0.4, -0.2) is 19.1 Å². The van der Waals surface area contributed by atoms with Crippen LogP contribution in [0.5, 0.6) is 0 Å². The average molecular weight is 308 g/mol. The van der Waals surface area contributed by atoms with Gasteiger partial charge in [0.05, 0.1) is 0 Å². The van der Waals surface area contributed by atoms with Gasteiger partial charge in [-0.25, -0.2) is 8.78 Å². The Hall–Kier alpha value is -1.46. The van der Waals surface area contributed by atoms with Gasteiger partial charge in [-0.05, 0) is 42.3 Å². The predicted molar refractivity (Wildman–Crippen MR) is 82.7 cm³/mol. The van der Waals surface area contributed by atoms with Crippen LogP contribution < -0.4 is 10.6 Å². The highest BCUT2D eigenvalue weighted by atomic mass is 32.1. The SMILES string of the molecule is NC1CC(Cc2cccs2)CN(c2ccc(F)c(F)c2)C1. The third-order valence-electron chi connectivity index (χ3n) is 3.91. The molecule has 0 aliphatic carbocycles. The number of hydrogen-bond acceptors (Lipinski definition) is 3. The van der Waals surface area contributed by atoms with E-state index < -0.39 is 11.6 Å². The van der Waals surface area contributed by atoms with Gasteiger partial charge in [0.15, 0.2) is 11.6 Å². The zero-order chi connectivity index (χ0) is 14.8. The number of nitrogens with zero attached hydrogens (tertiary/aromatic N) is 1. The summed E-state index contributed by atoms with van der Waals surface area (Å²) < 4.78 is 26.5. The molecule has 0 saturated carbocycles. The molecule has 1 aromatic heterocycles. The Morgan fingerprint density at radius 2 is 2.05 bits per heavy atom. The van der Waals surface area contributed by atoms with Crippen molar-refractivity contribution in [1.29, 1.82) is 0 Å². The first kappa shape index (κ1) is 14.5. The predicted octanol–water partition coefficient (Wildman–Crippen LogP) is 3.42. The van der Waals surface area contributed by atoms with Crippen molar-refractivity contribution in [2.45, 2.75) is 18.9 Å². The minimum atomic E-state index is -0.810. The first-order valence-electron chi connectivity index (χ1n) is 7.10. The Bertz CT molecular complexity index is 600. The summed E-state index contributed by atoms with van der Waals surface area (Å²) in [6.07, 6.45) is 1.96. The molecule has 2 heterocycles. The molecule has 21 heavy (non-hydrogen) atoms. The Balaban J connectivity index is 1.74. The van der Waals surface area contributed by atoms with Crippen molar-refractivity contribution < 1.29 is 8.78 Å². The first-order chi connectivity index (χ1) is 10.1. The van der Waals surface area contributed by atoms with Crippen LogP contribution in [-0.2, 0) is 6.42 Å². The second kappa shape index (κ2) is 6.12. The van der Waals surface area contributed by atoms with E-state index in [1.807, 2.05) is 0 Å². The number of hydrogen-bond donors (Lipinski definition) is 1. The lowest BCUT2D eigenvalue weighted by Gasteiger charge is -2.37. The van der Waals surface area contributed by atoms with E-state index in [4.69, 9.17) is 5.73 Å². The fourth-order valence-corrected chi connectivity index (χ4v) is 3.82. The van der Waals surface area contributed by atoms with E-state index >= 15 is 0 Å². The Kier molecular flexibility index (Phi) is 4.22. The number of thiophene rings is 1. The second-order valence-corrected chi connectivity index (χ2v) is 6.68. The quantitative estimate of drug-likeness (QED) is 0.941. The lowest BCUT2D eigenvalue weighted by Crippen LogP contribution is -2.47. The Morgan fingerprint density at radius 3 is 2.76 bits per heavy atom. The molecule has 2 nitrogen and oxygen atoms in total. The second-order valence-electron chi connectivity index (χ2n) is 5.65. The van der Waals surface area contributed by atoms with Gasteiger partial charge in [-0.3, -0.25) is 0 Å². The molecular weight excluding hydrogens is 290 g/mol. The van der Waals surface area contributed by atoms with Gasteiger partial charge in [0.1, 0.15) is 0 Å². The van der Waals surface area contributed by atoms with Crippen LogP contribution in [0.2, 0.25) is 0 Å². The number of anilines is 1. The van der Waals surface area contributed by atoms with Crippen LogP contribution in [0, 0.1) is 17.6 Å². The summed E-state index contributed by atoms with van der Waals surface area (Å²) in [5.41, 5.74) is 6.85. The monoisotopic (exact) mass is 308 g/mol. The maximum atomic E-state index is 13.4. The fourth-order valence-electron chi connectivity index (χ4n) is 3.00. The number of benzene rings is 1. The van der Waals surface area contributed by atoms with E-state index in [1.54, 1.807) is 17.4 Å². The van der Waals surface area contributed by atoms with Gasteiger partial charge in [0.2, 0.25) is 0 Å². The summed E-state index contributed by atoms with van der Waals surface area (Å²) in [4.78, 5) is 3.41. The van der Waals surface area contributed by atoms with Crippen molar-refractivity contribution in [2.24, 2.45) is 11.7 Å². The summed E-state index contributed by atoms with van der Waals surface area (Å²) in [6, 6.07) is 8.31. The van der Waals surface area contributed by atoms with Gasteiger partial charge in [-0.2, -0.15) is 0 Å². The van der Waals surface area contributed by atoms with E-state index in [1.165, 1.54) is 17.0 Å². The summed E-state index contributed by atoms with van der Waals surface area (Å²) >= 11 is 1.75. The zero-order valence-corrected chi connectivity index (χ0v) is 12.5. The van der Waals surface area contributed by atoms with Crippen molar-refractivity contribution in [2.75, 3.05) is 18.0 Å². The molecule has 3 rings (SSSR count). The molecule has 0 radical (unpaired) electrons. The molecule has 5 heteroatoms. The van der Waals surface area contributed by atoms with E-state index in [0.717, 1.165) is 19.4 Å². The van der Waals surface area contributed by atoms with Gasteiger partial charge in [0, 0.05) is 35.8 Å². The van der Waals surface area contributed by atoms with Crippen LogP contribution in [0.25, 0.3) is 0 Å². The highest BCUT2D eigenvalue weighted by Crippen LogP contribution is 2.27. The van der Waals surface area contributed by atoms with E-state index in [9.17, 15) is 8.78 Å². The average Bonchev–Trinajstić information content (AvgIpc) is 2.94. The van der Waals surface area contributed by atoms with Crippen molar-refractivity contribution in [1.82, 2.24) is 0 Å². The van der Waals surface area contributed by atoms with Crippen molar-refractivity contribution in [3.05, 3.63) is 52.2 Å². The molecule has 1 saturated heterocycles. The zero-order valence-electron chi connectivity index (χ0n) is 11.6. The minimum Gasteiger partial charge on any atom is -0.370 e. The van der Waals surface area contributed by atoms with Gasteiger partial charge in [-0.1, -0.05) is 6.07 Å². The first-order valence-corrected chi connectivity index (χ1v) is 7.98. The number of piperidine rings is 1. The molecule has 0 amide bonds. The molecule has 2 N–H and O–H groups in total. The highest BCUT2D eigenvalue weighted by Gasteiger charge is 2.26. The standard InChI is InChI=1S/C16H18F2N2S/c17-15-4-3-13(8-16(15)18)20-9-11(6-12(19)10-20)7-14-2-1-5-21-14/h1-5,8,11-12H,6-7,9-10,19H2. The molecule has 1 aromatic carbocycles. The van der Waals surface area contributed by atoms with Crippen molar-refractivity contribution in [3.8, 4) is 0 Å². The molecule has 1 aliphatic heterocycles. The van der Waals surface area contributed by atoms with Gasteiger partial charge in [0.25, 0.3) is 0 Å². The molecule has 2 aromatic rings. The van der Waals surface area contributed by atoms with E-state index in [2.05, 4.69) is 22.4 Å². The van der Waals surface area contributed by atoms with Crippen LogP contribution in [0.3, 0.4) is 0 Å². The van der Waals surface area contributed by atoms with Gasteiger partial charge >= 0.3 is 0 Å². The van der Waals surface area contributed by atoms with Crippen LogP contribution in [0.1, 0.15) is 11.3 Å². The van der Waals surface area contributed by atoms with Crippen molar-refractivity contribution >= 4 is 17.0 Å². The maximum Gasteiger partial charge on any atom is 0.160 e. The van der Waals surface area contributed by atoms with Crippen LogP contribution in [0.15, 0.2) is 35.7 Å². The largest absolute Gasteiger partial charge is 0.370 e. The normalized spacial score (nSPS) is 22.5. The third-order valence-corrected chi connectivity index (χ3v) is 4.81. The van der Waals surface area contributed by atoms with Crippen molar-refractivity contribution in [3.63, 3.8) is 0 Å². The fraction of sp³-hybridized carbons (Fsp3) is 0.375. The Labute approximate surface area is 127 Å². The molecule has 0 spiro atoms. The van der Waals surface area contributed by atoms with E-state index in [0.29, 0.717) is 18.2 Å². The van der Waals surface area contributed by atoms with Gasteiger partial charge < -0.3 is 10.6 Å². The molecule has 112 valence electrons.